The van der Waals surface area contributed by atoms with Crippen molar-refractivity contribution < 1.29 is 14.0 Å². The SMILES string of the molecule is C=CCOC(=O)N1C[C@H](O[Si](C)(C)C(C)(C)C)C[C@H]1Cc1ccncc1C. The Bertz CT molecular complexity index is 670. The number of aromatic nitrogens is 1. The van der Waals surface area contributed by atoms with E-state index in [0.717, 1.165) is 18.4 Å². The van der Waals surface area contributed by atoms with Gasteiger partial charge in [-0.3, -0.25) is 4.98 Å². The normalized spacial score (nSPS) is 20.6. The molecule has 150 valence electrons. The molecule has 1 saturated heterocycles. The number of amides is 1. The van der Waals surface area contributed by atoms with Gasteiger partial charge in [-0.05, 0) is 55.1 Å². The van der Waals surface area contributed by atoms with Gasteiger partial charge in [0.2, 0.25) is 0 Å². The molecule has 2 rings (SSSR count). The number of carbonyl (C=O) groups excluding carboxylic acids is 1. The standard InChI is InChI=1S/C21H34N2O3Si/c1-8-11-25-20(24)23-15-19(26-27(6,7)21(3,4)5)13-18(23)12-17-9-10-22-14-16(17)2/h8-10,14,18-19H,1,11-13,15H2,2-7H3/t18-,19-/m1/s1. The largest absolute Gasteiger partial charge is 0.445 e. The van der Waals surface area contributed by atoms with Crippen molar-refractivity contribution in [2.45, 2.75) is 70.8 Å². The lowest BCUT2D eigenvalue weighted by Crippen LogP contribution is -2.44. The number of hydrogen-bond donors (Lipinski definition) is 0. The topological polar surface area (TPSA) is 51.7 Å². The molecule has 27 heavy (non-hydrogen) atoms. The Hall–Kier alpha value is -1.66. The highest BCUT2D eigenvalue weighted by molar-refractivity contribution is 6.74. The first kappa shape index (κ1) is 21.6. The van der Waals surface area contributed by atoms with Crippen LogP contribution in [0, 0.1) is 6.92 Å². The molecule has 1 amide bonds. The van der Waals surface area contributed by atoms with E-state index in [2.05, 4.69) is 52.4 Å². The number of hydrogen-bond acceptors (Lipinski definition) is 4. The quantitative estimate of drug-likeness (QED) is 0.521. The van der Waals surface area contributed by atoms with Gasteiger partial charge in [-0.2, -0.15) is 0 Å². The van der Waals surface area contributed by atoms with Crippen LogP contribution >= 0.6 is 0 Å². The predicted molar refractivity (Wildman–Crippen MR) is 111 cm³/mol. The number of carbonyl (C=O) groups is 1. The number of likely N-dealkylation sites (tertiary alicyclic amines) is 1. The fourth-order valence-corrected chi connectivity index (χ4v) is 4.53. The maximum Gasteiger partial charge on any atom is 0.410 e. The first-order valence-electron chi connectivity index (χ1n) is 9.66. The number of nitrogens with zero attached hydrogens (tertiary/aromatic N) is 2. The molecule has 0 bridgehead atoms. The van der Waals surface area contributed by atoms with Gasteiger partial charge in [0.05, 0.1) is 6.10 Å². The molecule has 0 saturated carbocycles. The van der Waals surface area contributed by atoms with E-state index >= 15 is 0 Å². The van der Waals surface area contributed by atoms with Gasteiger partial charge in [0, 0.05) is 25.0 Å². The Kier molecular flexibility index (Phi) is 6.86. The third-order valence-electron chi connectivity index (χ3n) is 5.79. The molecule has 1 aromatic heterocycles. The van der Waals surface area contributed by atoms with Crippen molar-refractivity contribution in [3.05, 3.63) is 42.2 Å². The predicted octanol–water partition coefficient (Wildman–Crippen LogP) is 4.72. The Morgan fingerprint density at radius 3 is 2.74 bits per heavy atom. The number of ether oxygens (including phenoxy) is 1. The van der Waals surface area contributed by atoms with E-state index in [4.69, 9.17) is 9.16 Å². The van der Waals surface area contributed by atoms with E-state index in [1.165, 1.54) is 5.56 Å². The summed E-state index contributed by atoms with van der Waals surface area (Å²) in [7, 11) is -1.90. The Morgan fingerprint density at radius 1 is 1.44 bits per heavy atom. The van der Waals surface area contributed by atoms with E-state index in [1.54, 1.807) is 12.3 Å². The van der Waals surface area contributed by atoms with Gasteiger partial charge < -0.3 is 14.1 Å². The van der Waals surface area contributed by atoms with Gasteiger partial charge in [0.15, 0.2) is 8.32 Å². The Labute approximate surface area is 164 Å². The lowest BCUT2D eigenvalue weighted by atomic mass is 10.0. The van der Waals surface area contributed by atoms with Crippen LogP contribution < -0.4 is 0 Å². The highest BCUT2D eigenvalue weighted by Gasteiger charge is 2.44. The van der Waals surface area contributed by atoms with Crippen molar-refractivity contribution in [1.82, 2.24) is 9.88 Å². The lowest BCUT2D eigenvalue weighted by molar-refractivity contribution is 0.103. The van der Waals surface area contributed by atoms with Crippen LogP contribution in [0.15, 0.2) is 31.1 Å². The van der Waals surface area contributed by atoms with Crippen molar-refractivity contribution in [3.8, 4) is 0 Å². The fraction of sp³-hybridized carbons (Fsp3) is 0.619. The van der Waals surface area contributed by atoms with Gasteiger partial charge in [-0.15, -0.1) is 0 Å². The minimum atomic E-state index is -1.90. The van der Waals surface area contributed by atoms with Crippen LogP contribution in [0.5, 0.6) is 0 Å². The van der Waals surface area contributed by atoms with E-state index < -0.39 is 8.32 Å². The molecule has 0 aliphatic carbocycles. The number of rotatable bonds is 6. The van der Waals surface area contributed by atoms with Crippen LogP contribution in [0.1, 0.15) is 38.3 Å². The maximum absolute atomic E-state index is 12.6. The Balaban J connectivity index is 2.17. The first-order valence-corrected chi connectivity index (χ1v) is 12.6. The molecule has 1 fully saturated rings. The second-order valence-corrected chi connectivity index (χ2v) is 13.7. The Morgan fingerprint density at radius 2 is 2.15 bits per heavy atom. The summed E-state index contributed by atoms with van der Waals surface area (Å²) >= 11 is 0. The highest BCUT2D eigenvalue weighted by atomic mass is 28.4. The molecule has 1 aliphatic heterocycles. The minimum absolute atomic E-state index is 0.0503. The molecular formula is C21H34N2O3Si. The van der Waals surface area contributed by atoms with E-state index in [-0.39, 0.29) is 29.9 Å². The summed E-state index contributed by atoms with van der Waals surface area (Å²) in [4.78, 5) is 18.6. The second-order valence-electron chi connectivity index (χ2n) is 8.91. The summed E-state index contributed by atoms with van der Waals surface area (Å²) < 4.78 is 11.9. The summed E-state index contributed by atoms with van der Waals surface area (Å²) in [5.74, 6) is 0. The smallest absolute Gasteiger partial charge is 0.410 e. The number of aryl methyl sites for hydroxylation is 1. The van der Waals surface area contributed by atoms with Gasteiger partial charge in [-0.1, -0.05) is 33.4 Å². The third-order valence-corrected chi connectivity index (χ3v) is 10.3. The zero-order chi connectivity index (χ0) is 20.2. The molecule has 0 radical (unpaired) electrons. The molecule has 6 heteroatoms. The van der Waals surface area contributed by atoms with Crippen molar-refractivity contribution in [3.63, 3.8) is 0 Å². The molecular weight excluding hydrogens is 356 g/mol. The van der Waals surface area contributed by atoms with Crippen LogP contribution in [0.2, 0.25) is 18.1 Å². The number of pyridine rings is 1. The molecule has 5 nitrogen and oxygen atoms in total. The van der Waals surface area contributed by atoms with E-state index in [9.17, 15) is 4.79 Å². The molecule has 0 unspecified atom stereocenters. The average molecular weight is 391 g/mol. The monoisotopic (exact) mass is 390 g/mol. The molecule has 1 aromatic rings. The highest BCUT2D eigenvalue weighted by Crippen LogP contribution is 2.39. The van der Waals surface area contributed by atoms with Crippen LogP contribution in [0.3, 0.4) is 0 Å². The fourth-order valence-electron chi connectivity index (χ4n) is 3.17. The van der Waals surface area contributed by atoms with Crippen LogP contribution in [0.25, 0.3) is 0 Å². The van der Waals surface area contributed by atoms with Crippen LogP contribution in [-0.4, -0.2) is 49.6 Å². The van der Waals surface area contributed by atoms with E-state index in [1.807, 2.05) is 17.2 Å². The summed E-state index contributed by atoms with van der Waals surface area (Å²) in [5, 5.41) is 0.140. The van der Waals surface area contributed by atoms with Crippen LogP contribution in [-0.2, 0) is 15.6 Å². The summed E-state index contributed by atoms with van der Waals surface area (Å²) in [6.45, 7) is 17.7. The average Bonchev–Trinajstić information content (AvgIpc) is 2.95. The molecule has 2 heterocycles. The van der Waals surface area contributed by atoms with Crippen molar-refractivity contribution in [1.29, 1.82) is 0 Å². The van der Waals surface area contributed by atoms with Gasteiger partial charge in [0.25, 0.3) is 0 Å². The molecule has 2 atom stereocenters. The molecule has 1 aliphatic rings. The zero-order valence-corrected chi connectivity index (χ0v) is 18.6. The molecule has 0 N–H and O–H groups in total. The summed E-state index contributed by atoms with van der Waals surface area (Å²) in [6.07, 6.45) is 6.66. The van der Waals surface area contributed by atoms with Gasteiger partial charge in [0.1, 0.15) is 6.61 Å². The summed E-state index contributed by atoms with van der Waals surface area (Å²) in [6, 6.07) is 2.10. The van der Waals surface area contributed by atoms with Gasteiger partial charge in [-0.25, -0.2) is 4.79 Å². The van der Waals surface area contributed by atoms with Gasteiger partial charge >= 0.3 is 6.09 Å². The molecule has 0 spiro atoms. The van der Waals surface area contributed by atoms with Crippen molar-refractivity contribution in [2.24, 2.45) is 0 Å². The third kappa shape index (κ3) is 5.42. The second kappa shape index (κ2) is 8.57. The first-order chi connectivity index (χ1) is 12.5. The van der Waals surface area contributed by atoms with Crippen molar-refractivity contribution in [2.75, 3.05) is 13.2 Å². The minimum Gasteiger partial charge on any atom is -0.445 e. The molecule has 0 aromatic carbocycles. The summed E-state index contributed by atoms with van der Waals surface area (Å²) in [5.41, 5.74) is 2.36. The lowest BCUT2D eigenvalue weighted by Gasteiger charge is -2.38. The zero-order valence-electron chi connectivity index (χ0n) is 17.6. The maximum atomic E-state index is 12.6. The van der Waals surface area contributed by atoms with Crippen molar-refractivity contribution >= 4 is 14.4 Å². The van der Waals surface area contributed by atoms with Crippen LogP contribution in [0.4, 0.5) is 4.79 Å². The van der Waals surface area contributed by atoms with E-state index in [0.29, 0.717) is 6.54 Å².